The van der Waals surface area contributed by atoms with Gasteiger partial charge in [-0.1, -0.05) is 24.8 Å². The highest BCUT2D eigenvalue weighted by atomic mass is 16.3. The number of hydrogen-bond acceptors (Lipinski definition) is 1. The molecule has 1 atom stereocenters. The molecule has 0 saturated heterocycles. The molecule has 0 aromatic rings. The Morgan fingerprint density at radius 3 is 2.75 bits per heavy atom. The normalized spacial score (nSPS) is 35.6. The zero-order valence-corrected chi connectivity index (χ0v) is 4.80. The summed E-state index contributed by atoms with van der Waals surface area (Å²) in [5, 5.41) is 9.30. The van der Waals surface area contributed by atoms with Crippen molar-refractivity contribution >= 4 is 0 Å². The van der Waals surface area contributed by atoms with Crippen LogP contribution in [0.1, 0.15) is 12.8 Å². The van der Waals surface area contributed by atoms with E-state index in [9.17, 15) is 5.11 Å². The molecule has 0 fully saturated rings. The highest BCUT2D eigenvalue weighted by Crippen LogP contribution is 2.22. The van der Waals surface area contributed by atoms with Crippen LogP contribution in [0.5, 0.6) is 0 Å². The maximum atomic E-state index is 9.30. The second-order valence-corrected chi connectivity index (χ2v) is 2.14. The van der Waals surface area contributed by atoms with Gasteiger partial charge in [0.05, 0.1) is 0 Å². The monoisotopic (exact) mass is 110 g/mol. The van der Waals surface area contributed by atoms with E-state index in [-0.39, 0.29) is 0 Å². The minimum atomic E-state index is -0.681. The van der Waals surface area contributed by atoms with Crippen molar-refractivity contribution in [2.75, 3.05) is 0 Å². The quantitative estimate of drug-likeness (QED) is 0.504. The molecule has 0 bridgehead atoms. The van der Waals surface area contributed by atoms with Crippen LogP contribution < -0.4 is 0 Å². The fourth-order valence-corrected chi connectivity index (χ4v) is 0.855. The van der Waals surface area contributed by atoms with E-state index in [0.717, 1.165) is 12.8 Å². The Bertz CT molecular complexity index is 126. The first kappa shape index (κ1) is 5.57. The van der Waals surface area contributed by atoms with Crippen molar-refractivity contribution in [3.63, 3.8) is 0 Å². The maximum Gasteiger partial charge on any atom is 0.101 e. The molecule has 0 spiro atoms. The highest BCUT2D eigenvalue weighted by molar-refractivity contribution is 5.16. The average Bonchev–Trinajstić information content (AvgIpc) is 2.17. The van der Waals surface area contributed by atoms with E-state index >= 15 is 0 Å². The van der Waals surface area contributed by atoms with E-state index in [1.54, 1.807) is 12.2 Å². The van der Waals surface area contributed by atoms with Gasteiger partial charge in [0, 0.05) is 0 Å². The van der Waals surface area contributed by atoms with Crippen molar-refractivity contribution in [2.24, 2.45) is 0 Å². The number of hydrogen-bond donors (Lipinski definition) is 1. The molecule has 1 N–H and O–H groups in total. The van der Waals surface area contributed by atoms with Crippen LogP contribution in [0.15, 0.2) is 24.8 Å². The van der Waals surface area contributed by atoms with Gasteiger partial charge in [0.2, 0.25) is 0 Å². The second kappa shape index (κ2) is 1.75. The molecule has 0 radical (unpaired) electrons. The van der Waals surface area contributed by atoms with Crippen molar-refractivity contribution < 1.29 is 5.11 Å². The molecule has 44 valence electrons. The zero-order valence-electron chi connectivity index (χ0n) is 4.80. The van der Waals surface area contributed by atoms with Crippen LogP contribution in [-0.2, 0) is 0 Å². The third-order valence-corrected chi connectivity index (χ3v) is 1.47. The van der Waals surface area contributed by atoms with Crippen LogP contribution in [0.25, 0.3) is 0 Å². The predicted molar refractivity (Wildman–Crippen MR) is 33.5 cm³/mol. The van der Waals surface area contributed by atoms with Gasteiger partial charge in [0.1, 0.15) is 5.60 Å². The summed E-state index contributed by atoms with van der Waals surface area (Å²) in [6.45, 7) is 3.51. The summed E-state index contributed by atoms with van der Waals surface area (Å²) in [6, 6.07) is 0. The minimum Gasteiger partial charge on any atom is -0.382 e. The van der Waals surface area contributed by atoms with Gasteiger partial charge in [0.15, 0.2) is 0 Å². The second-order valence-electron chi connectivity index (χ2n) is 2.14. The van der Waals surface area contributed by atoms with Crippen LogP contribution in [0.3, 0.4) is 0 Å². The van der Waals surface area contributed by atoms with Crippen LogP contribution in [0.4, 0.5) is 0 Å². The Balaban J connectivity index is 2.67. The molecule has 0 amide bonds. The number of rotatable bonds is 1. The van der Waals surface area contributed by atoms with E-state index in [0.29, 0.717) is 0 Å². The van der Waals surface area contributed by atoms with Crippen molar-refractivity contribution in [3.8, 4) is 0 Å². The van der Waals surface area contributed by atoms with E-state index < -0.39 is 5.60 Å². The molecule has 1 rings (SSSR count). The minimum absolute atomic E-state index is 0.681. The summed E-state index contributed by atoms with van der Waals surface area (Å²) in [5.41, 5.74) is -0.681. The van der Waals surface area contributed by atoms with E-state index in [1.807, 2.05) is 6.08 Å². The third kappa shape index (κ3) is 0.819. The van der Waals surface area contributed by atoms with Crippen LogP contribution in [0, 0.1) is 0 Å². The highest BCUT2D eigenvalue weighted by Gasteiger charge is 2.20. The first-order valence-corrected chi connectivity index (χ1v) is 2.80. The van der Waals surface area contributed by atoms with Crippen LogP contribution >= 0.6 is 0 Å². The molecule has 0 aliphatic heterocycles. The van der Waals surface area contributed by atoms with E-state index in [2.05, 4.69) is 6.58 Å². The van der Waals surface area contributed by atoms with Gasteiger partial charge in [-0.2, -0.15) is 0 Å². The Morgan fingerprint density at radius 1 is 1.75 bits per heavy atom. The molecule has 0 heterocycles. The average molecular weight is 110 g/mol. The standard InChI is InChI=1S/C7H10O/c1-2-7(8)5-3-4-6-7/h2-3,5,8H,1,4,6H2/t7-/m1/s1. The number of aliphatic hydroxyl groups is 1. The fraction of sp³-hybridized carbons (Fsp3) is 0.429. The fourth-order valence-electron chi connectivity index (χ4n) is 0.855. The molecule has 1 aliphatic carbocycles. The van der Waals surface area contributed by atoms with Gasteiger partial charge >= 0.3 is 0 Å². The number of allylic oxidation sites excluding steroid dienone is 1. The lowest BCUT2D eigenvalue weighted by Gasteiger charge is -2.12. The Hall–Kier alpha value is -0.560. The topological polar surface area (TPSA) is 20.2 Å². The summed E-state index contributed by atoms with van der Waals surface area (Å²) in [7, 11) is 0. The Morgan fingerprint density at radius 2 is 2.50 bits per heavy atom. The molecule has 0 unspecified atom stereocenters. The molecule has 1 heteroatoms. The molecule has 8 heavy (non-hydrogen) atoms. The van der Waals surface area contributed by atoms with E-state index in [4.69, 9.17) is 0 Å². The predicted octanol–water partition coefficient (Wildman–Crippen LogP) is 1.25. The lowest BCUT2D eigenvalue weighted by Crippen LogP contribution is -2.17. The first-order chi connectivity index (χ1) is 3.77. The molecular formula is C7H10O. The lowest BCUT2D eigenvalue weighted by atomic mass is 10.1. The lowest BCUT2D eigenvalue weighted by molar-refractivity contribution is 0.143. The molecule has 1 nitrogen and oxygen atoms in total. The Labute approximate surface area is 49.3 Å². The summed E-state index contributed by atoms with van der Waals surface area (Å²) in [6.07, 6.45) is 7.12. The molecule has 1 aliphatic rings. The maximum absolute atomic E-state index is 9.30. The van der Waals surface area contributed by atoms with Gasteiger partial charge < -0.3 is 5.11 Å². The van der Waals surface area contributed by atoms with Gasteiger partial charge in [-0.05, 0) is 12.8 Å². The smallest absolute Gasteiger partial charge is 0.101 e. The largest absolute Gasteiger partial charge is 0.382 e. The molecule has 0 aromatic heterocycles. The van der Waals surface area contributed by atoms with Gasteiger partial charge in [-0.15, -0.1) is 0 Å². The summed E-state index contributed by atoms with van der Waals surface area (Å²) in [5.74, 6) is 0. The van der Waals surface area contributed by atoms with Gasteiger partial charge in [-0.25, -0.2) is 0 Å². The Kier molecular flexibility index (Phi) is 1.22. The first-order valence-electron chi connectivity index (χ1n) is 2.80. The molecular weight excluding hydrogens is 100 g/mol. The van der Waals surface area contributed by atoms with E-state index in [1.165, 1.54) is 0 Å². The summed E-state index contributed by atoms with van der Waals surface area (Å²) in [4.78, 5) is 0. The van der Waals surface area contributed by atoms with Crippen molar-refractivity contribution in [1.82, 2.24) is 0 Å². The SMILES string of the molecule is C=C[C@@]1(O)C=CCC1. The molecule has 0 aromatic carbocycles. The zero-order chi connectivity index (χ0) is 6.04. The third-order valence-electron chi connectivity index (χ3n) is 1.47. The van der Waals surface area contributed by atoms with Crippen LogP contribution in [-0.4, -0.2) is 10.7 Å². The van der Waals surface area contributed by atoms with Gasteiger partial charge in [0.25, 0.3) is 0 Å². The van der Waals surface area contributed by atoms with Crippen molar-refractivity contribution in [1.29, 1.82) is 0 Å². The van der Waals surface area contributed by atoms with Crippen LogP contribution in [0.2, 0.25) is 0 Å². The molecule has 0 saturated carbocycles. The van der Waals surface area contributed by atoms with Crippen molar-refractivity contribution in [3.05, 3.63) is 24.8 Å². The summed E-state index contributed by atoms with van der Waals surface area (Å²) < 4.78 is 0. The summed E-state index contributed by atoms with van der Waals surface area (Å²) >= 11 is 0. The van der Waals surface area contributed by atoms with Crippen molar-refractivity contribution in [2.45, 2.75) is 18.4 Å². The van der Waals surface area contributed by atoms with Gasteiger partial charge in [-0.3, -0.25) is 0 Å².